The molecular weight excluding hydrogens is 366 g/mol. The van der Waals surface area contributed by atoms with E-state index in [1.165, 1.54) is 0 Å². The van der Waals surface area contributed by atoms with E-state index in [9.17, 15) is 9.90 Å². The van der Waals surface area contributed by atoms with Gasteiger partial charge in [-0.3, -0.25) is 0 Å². The van der Waals surface area contributed by atoms with Gasteiger partial charge in [0, 0.05) is 43.0 Å². The summed E-state index contributed by atoms with van der Waals surface area (Å²) in [7, 11) is 0. The number of urea groups is 1. The third-order valence-electron chi connectivity index (χ3n) is 4.41. The van der Waals surface area contributed by atoms with Crippen LogP contribution in [0.25, 0.3) is 0 Å². The van der Waals surface area contributed by atoms with E-state index in [0.717, 1.165) is 12.1 Å². The standard InChI is InChI=1S/C20H24ClN3O3/c1-2-12-27-19-7-6-15(21)13-18(19)22-20(26)24-10-8-23(9-11-24)16-4-3-5-17(25)14-16/h3-7,13-14,25H,2,8-12H2,1H3,(H,22,26). The number of carbonyl (C=O) groups excluding carboxylic acids is 1. The van der Waals surface area contributed by atoms with Gasteiger partial charge in [-0.05, 0) is 36.8 Å². The molecule has 0 aliphatic carbocycles. The minimum atomic E-state index is -0.172. The summed E-state index contributed by atoms with van der Waals surface area (Å²) in [5.74, 6) is 0.862. The van der Waals surface area contributed by atoms with E-state index in [1.807, 2.05) is 19.1 Å². The summed E-state index contributed by atoms with van der Waals surface area (Å²) in [6.07, 6.45) is 0.882. The lowest BCUT2D eigenvalue weighted by Crippen LogP contribution is -2.50. The molecule has 2 N–H and O–H groups in total. The molecule has 1 aliphatic heterocycles. The summed E-state index contributed by atoms with van der Waals surface area (Å²) in [4.78, 5) is 16.6. The van der Waals surface area contributed by atoms with Gasteiger partial charge in [-0.1, -0.05) is 24.6 Å². The zero-order valence-corrected chi connectivity index (χ0v) is 16.1. The lowest BCUT2D eigenvalue weighted by atomic mass is 10.2. The van der Waals surface area contributed by atoms with Crippen LogP contribution in [0.1, 0.15) is 13.3 Å². The van der Waals surface area contributed by atoms with Gasteiger partial charge < -0.3 is 25.0 Å². The van der Waals surface area contributed by atoms with Gasteiger partial charge in [0.05, 0.1) is 12.3 Å². The second-order valence-electron chi connectivity index (χ2n) is 6.41. The molecular formula is C20H24ClN3O3. The Morgan fingerprint density at radius 1 is 1.19 bits per heavy atom. The quantitative estimate of drug-likeness (QED) is 0.804. The Labute approximate surface area is 164 Å². The third-order valence-corrected chi connectivity index (χ3v) is 4.64. The Balaban J connectivity index is 1.61. The van der Waals surface area contributed by atoms with Crippen molar-refractivity contribution in [3.05, 3.63) is 47.5 Å². The zero-order chi connectivity index (χ0) is 19.2. The number of benzene rings is 2. The van der Waals surface area contributed by atoms with Crippen LogP contribution in [0.3, 0.4) is 0 Å². The minimum Gasteiger partial charge on any atom is -0.508 e. The van der Waals surface area contributed by atoms with Crippen molar-refractivity contribution in [3.8, 4) is 11.5 Å². The highest BCUT2D eigenvalue weighted by Crippen LogP contribution is 2.29. The number of halogens is 1. The predicted octanol–water partition coefficient (Wildman–Crippen LogP) is 4.19. The Kier molecular flexibility index (Phi) is 6.29. The number of hydrogen-bond acceptors (Lipinski definition) is 4. The first kappa shape index (κ1) is 19.2. The summed E-state index contributed by atoms with van der Waals surface area (Å²) in [5.41, 5.74) is 1.54. The Morgan fingerprint density at radius 2 is 1.96 bits per heavy atom. The monoisotopic (exact) mass is 389 g/mol. The molecule has 2 aromatic rings. The number of piperazine rings is 1. The summed E-state index contributed by atoms with van der Waals surface area (Å²) in [6, 6.07) is 12.2. The van der Waals surface area contributed by atoms with Gasteiger partial charge in [0.2, 0.25) is 0 Å². The first-order valence-corrected chi connectivity index (χ1v) is 9.47. The number of ether oxygens (including phenoxy) is 1. The smallest absolute Gasteiger partial charge is 0.322 e. The summed E-state index contributed by atoms with van der Waals surface area (Å²) >= 11 is 6.07. The van der Waals surface area contributed by atoms with Crippen molar-refractivity contribution in [3.63, 3.8) is 0 Å². The van der Waals surface area contributed by atoms with Crippen molar-refractivity contribution >= 4 is 29.0 Å². The van der Waals surface area contributed by atoms with Crippen molar-refractivity contribution in [1.82, 2.24) is 4.90 Å². The molecule has 1 fully saturated rings. The van der Waals surface area contributed by atoms with Gasteiger partial charge >= 0.3 is 6.03 Å². The average Bonchev–Trinajstić information content (AvgIpc) is 2.67. The van der Waals surface area contributed by atoms with Gasteiger partial charge in [0.25, 0.3) is 0 Å². The van der Waals surface area contributed by atoms with Crippen LogP contribution in [-0.2, 0) is 0 Å². The van der Waals surface area contributed by atoms with Crippen LogP contribution in [0.4, 0.5) is 16.2 Å². The van der Waals surface area contributed by atoms with Crippen LogP contribution in [-0.4, -0.2) is 48.8 Å². The van der Waals surface area contributed by atoms with Gasteiger partial charge in [-0.25, -0.2) is 4.79 Å². The maximum absolute atomic E-state index is 12.7. The highest BCUT2D eigenvalue weighted by atomic mass is 35.5. The van der Waals surface area contributed by atoms with E-state index in [0.29, 0.717) is 49.2 Å². The average molecular weight is 390 g/mol. The fourth-order valence-corrected chi connectivity index (χ4v) is 3.16. The molecule has 2 amide bonds. The lowest BCUT2D eigenvalue weighted by Gasteiger charge is -2.36. The molecule has 2 aromatic carbocycles. The van der Waals surface area contributed by atoms with Crippen molar-refractivity contribution in [2.75, 3.05) is 43.0 Å². The Bertz CT molecular complexity index is 792. The second-order valence-corrected chi connectivity index (χ2v) is 6.85. The molecule has 7 heteroatoms. The van der Waals surface area contributed by atoms with Crippen LogP contribution in [0, 0.1) is 0 Å². The van der Waals surface area contributed by atoms with E-state index >= 15 is 0 Å². The normalized spacial score (nSPS) is 14.1. The van der Waals surface area contributed by atoms with E-state index < -0.39 is 0 Å². The van der Waals surface area contributed by atoms with Gasteiger partial charge in [-0.2, -0.15) is 0 Å². The maximum Gasteiger partial charge on any atom is 0.322 e. The maximum atomic E-state index is 12.7. The molecule has 0 spiro atoms. The number of nitrogens with one attached hydrogen (secondary N) is 1. The number of carbonyl (C=O) groups is 1. The lowest BCUT2D eigenvalue weighted by molar-refractivity contribution is 0.208. The highest BCUT2D eigenvalue weighted by Gasteiger charge is 2.22. The van der Waals surface area contributed by atoms with Crippen molar-refractivity contribution in [2.24, 2.45) is 0 Å². The summed E-state index contributed by atoms with van der Waals surface area (Å²) < 4.78 is 5.69. The topological polar surface area (TPSA) is 65.0 Å². The number of aromatic hydroxyl groups is 1. The highest BCUT2D eigenvalue weighted by molar-refractivity contribution is 6.31. The van der Waals surface area contributed by atoms with Crippen molar-refractivity contribution in [1.29, 1.82) is 0 Å². The molecule has 6 nitrogen and oxygen atoms in total. The first-order chi connectivity index (χ1) is 13.1. The molecule has 0 unspecified atom stereocenters. The van der Waals surface area contributed by atoms with Gasteiger partial charge in [-0.15, -0.1) is 0 Å². The van der Waals surface area contributed by atoms with Crippen molar-refractivity contribution < 1.29 is 14.6 Å². The molecule has 1 aliphatic rings. The largest absolute Gasteiger partial charge is 0.508 e. The molecule has 27 heavy (non-hydrogen) atoms. The Morgan fingerprint density at radius 3 is 2.67 bits per heavy atom. The molecule has 144 valence electrons. The van der Waals surface area contributed by atoms with Gasteiger partial charge in [0.1, 0.15) is 11.5 Å². The fourth-order valence-electron chi connectivity index (χ4n) is 2.99. The van der Waals surface area contributed by atoms with E-state index in [4.69, 9.17) is 16.3 Å². The summed E-state index contributed by atoms with van der Waals surface area (Å²) in [5, 5.41) is 13.1. The molecule has 1 saturated heterocycles. The molecule has 3 rings (SSSR count). The molecule has 0 saturated carbocycles. The SMILES string of the molecule is CCCOc1ccc(Cl)cc1NC(=O)N1CCN(c2cccc(O)c2)CC1. The van der Waals surface area contributed by atoms with Crippen LogP contribution in [0.5, 0.6) is 11.5 Å². The van der Waals surface area contributed by atoms with Crippen LogP contribution in [0.2, 0.25) is 5.02 Å². The molecule has 0 bridgehead atoms. The second kappa shape index (κ2) is 8.86. The minimum absolute atomic E-state index is 0.172. The van der Waals surface area contributed by atoms with Crippen LogP contribution in [0.15, 0.2) is 42.5 Å². The predicted molar refractivity (Wildman–Crippen MR) is 108 cm³/mol. The van der Waals surface area contributed by atoms with E-state index in [1.54, 1.807) is 35.2 Å². The third kappa shape index (κ3) is 4.98. The van der Waals surface area contributed by atoms with Gasteiger partial charge in [0.15, 0.2) is 0 Å². The number of phenols is 1. The van der Waals surface area contributed by atoms with Crippen LogP contribution < -0.4 is 15.0 Å². The zero-order valence-electron chi connectivity index (χ0n) is 15.3. The summed E-state index contributed by atoms with van der Waals surface area (Å²) in [6.45, 7) is 5.19. The van der Waals surface area contributed by atoms with E-state index in [2.05, 4.69) is 10.2 Å². The molecule has 0 radical (unpaired) electrons. The molecule has 0 atom stereocenters. The number of hydrogen-bond donors (Lipinski definition) is 2. The van der Waals surface area contributed by atoms with E-state index in [-0.39, 0.29) is 11.8 Å². The number of amides is 2. The first-order valence-electron chi connectivity index (χ1n) is 9.09. The number of rotatable bonds is 5. The number of anilines is 2. The Hall–Kier alpha value is -2.60. The van der Waals surface area contributed by atoms with Crippen LogP contribution >= 0.6 is 11.6 Å². The number of phenolic OH excluding ortho intramolecular Hbond substituents is 1. The molecule has 0 aromatic heterocycles. The fraction of sp³-hybridized carbons (Fsp3) is 0.350. The van der Waals surface area contributed by atoms with Crippen molar-refractivity contribution in [2.45, 2.75) is 13.3 Å². The number of nitrogens with zero attached hydrogens (tertiary/aromatic N) is 2. The molecule has 1 heterocycles.